The molecule has 0 saturated carbocycles. The van der Waals surface area contributed by atoms with Gasteiger partial charge < -0.3 is 4.90 Å². The molecule has 0 saturated heterocycles. The number of amides is 1. The third kappa shape index (κ3) is 4.35. The first kappa shape index (κ1) is 14.0. The van der Waals surface area contributed by atoms with Gasteiger partial charge in [0.2, 0.25) is 0 Å². The van der Waals surface area contributed by atoms with Gasteiger partial charge in [-0.05, 0) is 31.9 Å². The first-order valence-electron chi connectivity index (χ1n) is 5.90. The van der Waals surface area contributed by atoms with Gasteiger partial charge in [0.1, 0.15) is 0 Å². The van der Waals surface area contributed by atoms with Crippen LogP contribution in [0.3, 0.4) is 0 Å². The highest BCUT2D eigenvalue weighted by molar-refractivity contribution is 6.17. The minimum Gasteiger partial charge on any atom is -0.342 e. The van der Waals surface area contributed by atoms with Crippen molar-refractivity contribution in [2.75, 3.05) is 19.5 Å². The molecular weight excluding hydrogens is 236 g/mol. The molecule has 0 aliphatic rings. The van der Waals surface area contributed by atoms with E-state index in [0.29, 0.717) is 11.4 Å². The average molecular weight is 255 g/mol. The maximum Gasteiger partial charge on any atom is 0.255 e. The Morgan fingerprint density at radius 3 is 2.82 bits per heavy atom. The van der Waals surface area contributed by atoms with Gasteiger partial charge in [0, 0.05) is 31.4 Å². The maximum atomic E-state index is 12.1. The van der Waals surface area contributed by atoms with E-state index in [1.807, 2.05) is 20.0 Å². The summed E-state index contributed by atoms with van der Waals surface area (Å²) >= 11 is 5.61. The highest BCUT2D eigenvalue weighted by Gasteiger charge is 2.13. The number of nitrogens with zero attached hydrogens (tertiary/aromatic N) is 2. The van der Waals surface area contributed by atoms with E-state index in [0.717, 1.165) is 31.5 Å². The summed E-state index contributed by atoms with van der Waals surface area (Å²) in [6.45, 7) is 2.62. The molecule has 0 aromatic carbocycles. The fourth-order valence-electron chi connectivity index (χ4n) is 1.64. The van der Waals surface area contributed by atoms with E-state index in [-0.39, 0.29) is 5.91 Å². The third-order valence-corrected chi connectivity index (χ3v) is 2.98. The van der Waals surface area contributed by atoms with E-state index in [1.165, 1.54) is 0 Å². The molecule has 3 nitrogen and oxygen atoms in total. The molecule has 94 valence electrons. The van der Waals surface area contributed by atoms with Crippen LogP contribution in [0.4, 0.5) is 0 Å². The second kappa shape index (κ2) is 7.28. The number of aryl methyl sites for hydroxylation is 1. The van der Waals surface area contributed by atoms with Crippen molar-refractivity contribution in [1.82, 2.24) is 9.88 Å². The number of hydrogen-bond donors (Lipinski definition) is 0. The summed E-state index contributed by atoms with van der Waals surface area (Å²) in [5.74, 6) is 0.737. The summed E-state index contributed by atoms with van der Waals surface area (Å²) in [6, 6.07) is 3.61. The number of hydrogen-bond acceptors (Lipinski definition) is 2. The molecule has 4 heteroatoms. The molecule has 0 spiro atoms. The molecule has 0 aliphatic carbocycles. The van der Waals surface area contributed by atoms with E-state index in [9.17, 15) is 4.79 Å². The Bertz CT molecular complexity index is 368. The Hall–Kier alpha value is -1.09. The molecule has 0 unspecified atom stereocenters. The zero-order valence-electron chi connectivity index (χ0n) is 10.4. The molecule has 0 bridgehead atoms. The van der Waals surface area contributed by atoms with Gasteiger partial charge >= 0.3 is 0 Å². The zero-order chi connectivity index (χ0) is 12.7. The normalized spacial score (nSPS) is 10.3. The fourth-order valence-corrected chi connectivity index (χ4v) is 1.83. The number of carbonyl (C=O) groups excluding carboxylic acids is 1. The second-order valence-electron chi connectivity index (χ2n) is 4.11. The minimum atomic E-state index is 0.0430. The minimum absolute atomic E-state index is 0.0430. The Balaban J connectivity index is 2.49. The predicted octanol–water partition coefficient (Wildman–Crippen LogP) is 2.87. The van der Waals surface area contributed by atoms with E-state index < -0.39 is 0 Å². The lowest BCUT2D eigenvalue weighted by atomic mass is 10.1. The van der Waals surface area contributed by atoms with Crippen LogP contribution in [0, 0.1) is 6.92 Å². The SMILES string of the molecule is Cc1ncccc1C(=O)N(C)CCCCCCl. The summed E-state index contributed by atoms with van der Waals surface area (Å²) < 4.78 is 0. The second-order valence-corrected chi connectivity index (χ2v) is 4.49. The summed E-state index contributed by atoms with van der Waals surface area (Å²) in [7, 11) is 1.83. The van der Waals surface area contributed by atoms with Gasteiger partial charge in [0.05, 0.1) is 5.56 Å². The highest BCUT2D eigenvalue weighted by Crippen LogP contribution is 2.08. The average Bonchev–Trinajstić information content (AvgIpc) is 2.34. The first-order chi connectivity index (χ1) is 8.16. The van der Waals surface area contributed by atoms with E-state index in [2.05, 4.69) is 4.98 Å². The topological polar surface area (TPSA) is 33.2 Å². The Morgan fingerprint density at radius 1 is 1.41 bits per heavy atom. The maximum absolute atomic E-state index is 12.1. The molecule has 1 aromatic heterocycles. The number of carbonyl (C=O) groups is 1. The molecule has 1 heterocycles. The molecule has 1 rings (SSSR count). The Labute approximate surface area is 108 Å². The van der Waals surface area contributed by atoms with Crippen molar-refractivity contribution in [2.45, 2.75) is 26.2 Å². The van der Waals surface area contributed by atoms with Crippen LogP contribution in [0.2, 0.25) is 0 Å². The van der Waals surface area contributed by atoms with Crippen molar-refractivity contribution in [3.63, 3.8) is 0 Å². The molecule has 1 amide bonds. The number of alkyl halides is 1. The molecule has 0 aliphatic heterocycles. The van der Waals surface area contributed by atoms with Gasteiger partial charge in [-0.2, -0.15) is 0 Å². The van der Waals surface area contributed by atoms with E-state index in [4.69, 9.17) is 11.6 Å². The van der Waals surface area contributed by atoms with Crippen molar-refractivity contribution in [3.05, 3.63) is 29.6 Å². The van der Waals surface area contributed by atoms with Gasteiger partial charge in [-0.25, -0.2) is 0 Å². The van der Waals surface area contributed by atoms with Crippen LogP contribution in [-0.2, 0) is 0 Å². The molecule has 17 heavy (non-hydrogen) atoms. The molecule has 1 aromatic rings. The number of pyridine rings is 1. The lowest BCUT2D eigenvalue weighted by Gasteiger charge is -2.17. The summed E-state index contributed by atoms with van der Waals surface area (Å²) in [5.41, 5.74) is 1.47. The van der Waals surface area contributed by atoms with Crippen LogP contribution in [0.25, 0.3) is 0 Å². The largest absolute Gasteiger partial charge is 0.342 e. The van der Waals surface area contributed by atoms with Crippen LogP contribution in [-0.4, -0.2) is 35.3 Å². The van der Waals surface area contributed by atoms with Crippen LogP contribution >= 0.6 is 11.6 Å². The lowest BCUT2D eigenvalue weighted by molar-refractivity contribution is 0.0791. The van der Waals surface area contributed by atoms with Gasteiger partial charge in [-0.3, -0.25) is 9.78 Å². The fraction of sp³-hybridized carbons (Fsp3) is 0.538. The van der Waals surface area contributed by atoms with Gasteiger partial charge in [-0.1, -0.05) is 6.42 Å². The molecule has 0 radical (unpaired) electrons. The number of aromatic nitrogens is 1. The van der Waals surface area contributed by atoms with Gasteiger partial charge in [0.15, 0.2) is 0 Å². The van der Waals surface area contributed by atoms with Crippen molar-refractivity contribution in [3.8, 4) is 0 Å². The number of halogens is 1. The quantitative estimate of drug-likeness (QED) is 0.578. The van der Waals surface area contributed by atoms with Crippen molar-refractivity contribution in [1.29, 1.82) is 0 Å². The van der Waals surface area contributed by atoms with Crippen LogP contribution in [0.5, 0.6) is 0 Å². The first-order valence-corrected chi connectivity index (χ1v) is 6.43. The van der Waals surface area contributed by atoms with Crippen molar-refractivity contribution < 1.29 is 4.79 Å². The smallest absolute Gasteiger partial charge is 0.255 e. The van der Waals surface area contributed by atoms with Crippen molar-refractivity contribution >= 4 is 17.5 Å². The molecule has 0 fully saturated rings. The van der Waals surface area contributed by atoms with Crippen molar-refractivity contribution in [2.24, 2.45) is 0 Å². The Morgan fingerprint density at radius 2 is 2.18 bits per heavy atom. The summed E-state index contributed by atoms with van der Waals surface area (Å²) in [4.78, 5) is 18.0. The van der Waals surface area contributed by atoms with E-state index in [1.54, 1.807) is 17.2 Å². The van der Waals surface area contributed by atoms with Crippen LogP contribution in [0.1, 0.15) is 35.3 Å². The number of rotatable bonds is 6. The molecule has 0 N–H and O–H groups in total. The Kier molecular flexibility index (Phi) is 5.98. The van der Waals surface area contributed by atoms with Crippen LogP contribution < -0.4 is 0 Å². The lowest BCUT2D eigenvalue weighted by Crippen LogP contribution is -2.28. The predicted molar refractivity (Wildman–Crippen MR) is 70.5 cm³/mol. The molecular formula is C13H19ClN2O. The zero-order valence-corrected chi connectivity index (χ0v) is 11.2. The monoisotopic (exact) mass is 254 g/mol. The summed E-state index contributed by atoms with van der Waals surface area (Å²) in [5, 5.41) is 0. The third-order valence-electron chi connectivity index (χ3n) is 2.71. The standard InChI is InChI=1S/C13H19ClN2O/c1-11-12(7-6-9-15-11)13(17)16(2)10-5-3-4-8-14/h6-7,9H,3-5,8,10H2,1-2H3. The van der Waals surface area contributed by atoms with Gasteiger partial charge in [0.25, 0.3) is 5.91 Å². The molecule has 0 atom stereocenters. The highest BCUT2D eigenvalue weighted by atomic mass is 35.5. The summed E-state index contributed by atoms with van der Waals surface area (Å²) in [6.07, 6.45) is 4.77. The van der Waals surface area contributed by atoms with Crippen LogP contribution in [0.15, 0.2) is 18.3 Å². The number of unbranched alkanes of at least 4 members (excludes halogenated alkanes) is 2. The van der Waals surface area contributed by atoms with E-state index >= 15 is 0 Å². The van der Waals surface area contributed by atoms with Gasteiger partial charge in [-0.15, -0.1) is 11.6 Å².